The van der Waals surface area contributed by atoms with E-state index in [1.165, 1.54) is 37.0 Å². The average molecular weight is 225 g/mol. The first kappa shape index (κ1) is 10.9. The molecule has 1 saturated carbocycles. The molecular formula is C11H19N3S. The highest BCUT2D eigenvalue weighted by molar-refractivity contribution is 7.15. The predicted molar refractivity (Wildman–Crippen MR) is 64.9 cm³/mol. The Kier molecular flexibility index (Phi) is 3.59. The summed E-state index contributed by atoms with van der Waals surface area (Å²) in [4.78, 5) is 7.81. The molecule has 3 nitrogen and oxygen atoms in total. The Bertz CT molecular complexity index is 305. The molecule has 0 unspecified atom stereocenters. The zero-order chi connectivity index (χ0) is 10.7. The van der Waals surface area contributed by atoms with E-state index in [2.05, 4.69) is 16.9 Å². The van der Waals surface area contributed by atoms with Crippen LogP contribution in [0.3, 0.4) is 0 Å². The molecule has 0 radical (unpaired) electrons. The van der Waals surface area contributed by atoms with E-state index in [4.69, 9.17) is 5.73 Å². The van der Waals surface area contributed by atoms with Crippen LogP contribution in [0.1, 0.15) is 37.0 Å². The lowest BCUT2D eigenvalue weighted by Gasteiger charge is -2.30. The molecule has 1 fully saturated rings. The van der Waals surface area contributed by atoms with Crippen molar-refractivity contribution in [2.45, 2.75) is 44.7 Å². The molecule has 0 saturated heterocycles. The van der Waals surface area contributed by atoms with Crippen molar-refractivity contribution in [2.24, 2.45) is 0 Å². The van der Waals surface area contributed by atoms with Crippen LogP contribution in [-0.2, 0) is 6.54 Å². The van der Waals surface area contributed by atoms with Crippen molar-refractivity contribution in [1.29, 1.82) is 0 Å². The molecule has 1 aromatic heterocycles. The number of hydrogen-bond acceptors (Lipinski definition) is 4. The van der Waals surface area contributed by atoms with Crippen molar-refractivity contribution in [1.82, 2.24) is 9.88 Å². The van der Waals surface area contributed by atoms with Crippen LogP contribution in [0.15, 0.2) is 6.20 Å². The number of nitrogens with zero attached hydrogens (tertiary/aromatic N) is 2. The van der Waals surface area contributed by atoms with Crippen LogP contribution < -0.4 is 5.73 Å². The fourth-order valence-electron chi connectivity index (χ4n) is 2.29. The van der Waals surface area contributed by atoms with E-state index in [-0.39, 0.29) is 0 Å². The van der Waals surface area contributed by atoms with Crippen molar-refractivity contribution in [2.75, 3.05) is 12.8 Å². The number of nitrogen functional groups attached to an aromatic ring is 1. The Morgan fingerprint density at radius 3 is 2.80 bits per heavy atom. The molecule has 15 heavy (non-hydrogen) atoms. The molecule has 4 heteroatoms. The second-order valence-electron chi connectivity index (χ2n) is 4.37. The normalized spacial score (nSPS) is 18.5. The Morgan fingerprint density at radius 1 is 1.47 bits per heavy atom. The van der Waals surface area contributed by atoms with Gasteiger partial charge in [-0.1, -0.05) is 19.3 Å². The summed E-state index contributed by atoms with van der Waals surface area (Å²) in [6.07, 6.45) is 8.80. The van der Waals surface area contributed by atoms with Gasteiger partial charge in [-0.05, 0) is 19.9 Å². The Hall–Kier alpha value is -0.610. The van der Waals surface area contributed by atoms with Gasteiger partial charge in [0.1, 0.15) is 0 Å². The Labute approximate surface area is 95.3 Å². The minimum atomic E-state index is 0.682. The van der Waals surface area contributed by atoms with Crippen molar-refractivity contribution < 1.29 is 0 Å². The van der Waals surface area contributed by atoms with Crippen LogP contribution in [0.5, 0.6) is 0 Å². The summed E-state index contributed by atoms with van der Waals surface area (Å²) in [7, 11) is 2.21. The van der Waals surface area contributed by atoms with Crippen LogP contribution in [0, 0.1) is 0 Å². The molecule has 1 aromatic rings. The summed E-state index contributed by atoms with van der Waals surface area (Å²) in [5.41, 5.74) is 5.62. The van der Waals surface area contributed by atoms with Crippen molar-refractivity contribution in [3.8, 4) is 0 Å². The molecule has 84 valence electrons. The van der Waals surface area contributed by atoms with E-state index in [0.717, 1.165) is 12.6 Å². The van der Waals surface area contributed by atoms with Gasteiger partial charge >= 0.3 is 0 Å². The summed E-state index contributed by atoms with van der Waals surface area (Å²) >= 11 is 1.61. The highest BCUT2D eigenvalue weighted by Gasteiger charge is 2.18. The fourth-order valence-corrected chi connectivity index (χ4v) is 3.04. The molecule has 0 atom stereocenters. The SMILES string of the molecule is CN(Cc1cnc(N)s1)C1CCCCC1. The van der Waals surface area contributed by atoms with Gasteiger partial charge in [0.15, 0.2) is 5.13 Å². The number of nitrogens with two attached hydrogens (primary N) is 1. The largest absolute Gasteiger partial charge is 0.375 e. The van der Waals surface area contributed by atoms with Gasteiger partial charge in [0.25, 0.3) is 0 Å². The smallest absolute Gasteiger partial charge is 0.180 e. The number of aromatic nitrogens is 1. The third-order valence-electron chi connectivity index (χ3n) is 3.17. The molecule has 0 bridgehead atoms. The third-order valence-corrected chi connectivity index (χ3v) is 3.99. The zero-order valence-corrected chi connectivity index (χ0v) is 10.1. The lowest BCUT2D eigenvalue weighted by Crippen LogP contribution is -2.32. The summed E-state index contributed by atoms with van der Waals surface area (Å²) < 4.78 is 0. The second-order valence-corrected chi connectivity index (χ2v) is 5.52. The second kappa shape index (κ2) is 4.94. The van der Waals surface area contributed by atoms with Gasteiger partial charge in [0, 0.05) is 23.7 Å². The van der Waals surface area contributed by atoms with Crippen molar-refractivity contribution >= 4 is 16.5 Å². The van der Waals surface area contributed by atoms with Crippen molar-refractivity contribution in [3.05, 3.63) is 11.1 Å². The van der Waals surface area contributed by atoms with E-state index >= 15 is 0 Å². The zero-order valence-electron chi connectivity index (χ0n) is 9.28. The molecule has 2 rings (SSSR count). The van der Waals surface area contributed by atoms with E-state index in [0.29, 0.717) is 5.13 Å². The monoisotopic (exact) mass is 225 g/mol. The van der Waals surface area contributed by atoms with Crippen LogP contribution in [-0.4, -0.2) is 23.0 Å². The minimum absolute atomic E-state index is 0.682. The maximum atomic E-state index is 5.62. The lowest BCUT2D eigenvalue weighted by atomic mass is 9.94. The van der Waals surface area contributed by atoms with E-state index < -0.39 is 0 Å². The minimum Gasteiger partial charge on any atom is -0.375 e. The first-order valence-electron chi connectivity index (χ1n) is 5.66. The number of anilines is 1. The van der Waals surface area contributed by atoms with Gasteiger partial charge in [0.2, 0.25) is 0 Å². The predicted octanol–water partition coefficient (Wildman–Crippen LogP) is 2.49. The first-order valence-corrected chi connectivity index (χ1v) is 6.48. The first-order chi connectivity index (χ1) is 7.25. The average Bonchev–Trinajstić information content (AvgIpc) is 2.65. The molecular weight excluding hydrogens is 206 g/mol. The van der Waals surface area contributed by atoms with E-state index in [9.17, 15) is 0 Å². The van der Waals surface area contributed by atoms with Crippen LogP contribution in [0.4, 0.5) is 5.13 Å². The van der Waals surface area contributed by atoms with Crippen LogP contribution >= 0.6 is 11.3 Å². The molecule has 1 aliphatic carbocycles. The van der Waals surface area contributed by atoms with Crippen LogP contribution in [0.25, 0.3) is 0 Å². The van der Waals surface area contributed by atoms with Crippen molar-refractivity contribution in [3.63, 3.8) is 0 Å². The maximum absolute atomic E-state index is 5.62. The third kappa shape index (κ3) is 2.92. The quantitative estimate of drug-likeness (QED) is 0.859. The van der Waals surface area contributed by atoms with Gasteiger partial charge in [-0.2, -0.15) is 0 Å². The summed E-state index contributed by atoms with van der Waals surface area (Å²) in [5, 5.41) is 0.682. The van der Waals surface area contributed by atoms with Gasteiger partial charge < -0.3 is 5.73 Å². The van der Waals surface area contributed by atoms with E-state index in [1.807, 2.05) is 6.20 Å². The molecule has 1 heterocycles. The lowest BCUT2D eigenvalue weighted by molar-refractivity contribution is 0.186. The molecule has 0 aromatic carbocycles. The summed E-state index contributed by atoms with van der Waals surface area (Å²) in [6, 6.07) is 0.766. The Balaban J connectivity index is 1.88. The molecule has 0 aliphatic heterocycles. The van der Waals surface area contributed by atoms with Gasteiger partial charge in [-0.25, -0.2) is 4.98 Å². The molecule has 0 amide bonds. The molecule has 1 aliphatic rings. The maximum Gasteiger partial charge on any atom is 0.180 e. The fraction of sp³-hybridized carbons (Fsp3) is 0.727. The molecule has 2 N–H and O–H groups in total. The van der Waals surface area contributed by atoms with Gasteiger partial charge in [-0.3, -0.25) is 4.90 Å². The molecule has 0 spiro atoms. The standard InChI is InChI=1S/C11H19N3S/c1-14(9-5-3-2-4-6-9)8-10-7-13-11(12)15-10/h7,9H,2-6,8H2,1H3,(H2,12,13). The summed E-state index contributed by atoms with van der Waals surface area (Å²) in [6.45, 7) is 1.000. The number of rotatable bonds is 3. The van der Waals surface area contributed by atoms with Gasteiger partial charge in [-0.15, -0.1) is 11.3 Å². The van der Waals surface area contributed by atoms with Gasteiger partial charge in [0.05, 0.1) is 0 Å². The summed E-state index contributed by atoms with van der Waals surface area (Å²) in [5.74, 6) is 0. The topological polar surface area (TPSA) is 42.2 Å². The number of hydrogen-bond donors (Lipinski definition) is 1. The highest BCUT2D eigenvalue weighted by atomic mass is 32.1. The van der Waals surface area contributed by atoms with Crippen LogP contribution in [0.2, 0.25) is 0 Å². The number of thiazole rings is 1. The highest BCUT2D eigenvalue weighted by Crippen LogP contribution is 2.24. The van der Waals surface area contributed by atoms with E-state index in [1.54, 1.807) is 11.3 Å². The Morgan fingerprint density at radius 2 is 2.20 bits per heavy atom.